The Morgan fingerprint density at radius 3 is 2.38 bits per heavy atom. The summed E-state index contributed by atoms with van der Waals surface area (Å²) in [7, 11) is 3.44. The zero-order valence-electron chi connectivity index (χ0n) is 19.0. The first-order chi connectivity index (χ1) is 16.5. The minimum absolute atomic E-state index is 0.00868. The predicted octanol–water partition coefficient (Wildman–Crippen LogP) is 5.41. The molecule has 3 aromatic carbocycles. The number of amides is 1. The van der Waals surface area contributed by atoms with Crippen molar-refractivity contribution in [3.05, 3.63) is 95.0 Å². The van der Waals surface area contributed by atoms with Crippen LogP contribution in [0.25, 0.3) is 11.4 Å². The molecule has 0 spiro atoms. The molecule has 6 nitrogen and oxygen atoms in total. The van der Waals surface area contributed by atoms with Gasteiger partial charge in [-0.1, -0.05) is 78.0 Å². The zero-order valence-corrected chi connectivity index (χ0v) is 20.6. The minimum Gasteiger partial charge on any atom is -0.497 e. The van der Waals surface area contributed by atoms with Crippen LogP contribution in [0.1, 0.15) is 11.1 Å². The van der Waals surface area contributed by atoms with E-state index >= 15 is 0 Å². The van der Waals surface area contributed by atoms with Crippen LogP contribution in [0.5, 0.6) is 5.75 Å². The molecule has 0 saturated heterocycles. The maximum Gasteiger partial charge on any atom is 0.233 e. The lowest BCUT2D eigenvalue weighted by atomic mass is 10.2. The van der Waals surface area contributed by atoms with E-state index in [9.17, 15) is 4.79 Å². The summed E-state index contributed by atoms with van der Waals surface area (Å²) in [5.74, 6) is 1.73. The quantitative estimate of drug-likeness (QED) is 0.292. The fourth-order valence-electron chi connectivity index (χ4n) is 3.48. The highest BCUT2D eigenvalue weighted by Gasteiger charge is 2.19. The second-order valence-electron chi connectivity index (χ2n) is 7.74. The third-order valence-electron chi connectivity index (χ3n) is 5.34. The summed E-state index contributed by atoms with van der Waals surface area (Å²) < 4.78 is 7.21. The van der Waals surface area contributed by atoms with Gasteiger partial charge < -0.3 is 9.64 Å². The number of rotatable bonds is 9. The highest BCUT2D eigenvalue weighted by atomic mass is 35.5. The zero-order chi connectivity index (χ0) is 23.9. The van der Waals surface area contributed by atoms with Gasteiger partial charge in [0, 0.05) is 19.2 Å². The molecule has 0 N–H and O–H groups in total. The highest BCUT2D eigenvalue weighted by Crippen LogP contribution is 2.30. The fraction of sp³-hybridized carbons (Fsp3) is 0.192. The normalized spacial score (nSPS) is 10.8. The van der Waals surface area contributed by atoms with E-state index in [1.54, 1.807) is 19.1 Å². The molecule has 0 saturated carbocycles. The van der Waals surface area contributed by atoms with Crippen molar-refractivity contribution < 1.29 is 9.53 Å². The number of nitrogens with zero attached hydrogens (tertiary/aromatic N) is 4. The number of ether oxygens (including phenoxy) is 1. The van der Waals surface area contributed by atoms with E-state index < -0.39 is 0 Å². The van der Waals surface area contributed by atoms with E-state index in [2.05, 4.69) is 22.3 Å². The van der Waals surface area contributed by atoms with Crippen molar-refractivity contribution in [2.45, 2.75) is 18.2 Å². The van der Waals surface area contributed by atoms with Crippen molar-refractivity contribution >= 4 is 29.3 Å². The van der Waals surface area contributed by atoms with Gasteiger partial charge in [-0.15, -0.1) is 10.2 Å². The molecule has 0 aliphatic heterocycles. The summed E-state index contributed by atoms with van der Waals surface area (Å²) in [4.78, 5) is 14.6. The number of methoxy groups -OCH3 is 1. The molecular weight excluding hydrogens is 468 g/mol. The Hall–Kier alpha value is -3.29. The van der Waals surface area contributed by atoms with Crippen molar-refractivity contribution in [3.63, 3.8) is 0 Å². The van der Waals surface area contributed by atoms with Crippen LogP contribution < -0.4 is 4.74 Å². The number of hydrogen-bond acceptors (Lipinski definition) is 5. The minimum atomic E-state index is 0.00868. The molecule has 1 amide bonds. The molecule has 0 unspecified atom stereocenters. The van der Waals surface area contributed by atoms with Crippen molar-refractivity contribution in [1.82, 2.24) is 19.7 Å². The Bertz CT molecular complexity index is 1250. The third kappa shape index (κ3) is 5.79. The van der Waals surface area contributed by atoms with Gasteiger partial charge in [-0.25, -0.2) is 0 Å². The number of benzene rings is 3. The average Bonchev–Trinajstić information content (AvgIpc) is 3.25. The molecule has 0 atom stereocenters. The van der Waals surface area contributed by atoms with E-state index in [1.165, 1.54) is 11.8 Å². The summed E-state index contributed by atoms with van der Waals surface area (Å²) >= 11 is 7.83. The number of halogens is 1. The van der Waals surface area contributed by atoms with Gasteiger partial charge in [0.15, 0.2) is 11.0 Å². The van der Waals surface area contributed by atoms with Gasteiger partial charge in [-0.3, -0.25) is 9.36 Å². The van der Waals surface area contributed by atoms with Gasteiger partial charge in [0.1, 0.15) is 5.75 Å². The van der Waals surface area contributed by atoms with E-state index in [1.807, 2.05) is 71.3 Å². The molecular formula is C26H25ClN4O2S. The lowest BCUT2D eigenvalue weighted by Gasteiger charge is -2.17. The van der Waals surface area contributed by atoms with Crippen LogP contribution in [0.3, 0.4) is 0 Å². The molecule has 1 heterocycles. The van der Waals surface area contributed by atoms with Crippen molar-refractivity contribution in [2.75, 3.05) is 19.9 Å². The Kier molecular flexibility index (Phi) is 7.87. The van der Waals surface area contributed by atoms with Crippen molar-refractivity contribution in [3.8, 4) is 17.1 Å². The van der Waals surface area contributed by atoms with Gasteiger partial charge in [-0.2, -0.15) is 0 Å². The molecule has 0 radical (unpaired) electrons. The second-order valence-corrected chi connectivity index (χ2v) is 9.09. The molecule has 34 heavy (non-hydrogen) atoms. The van der Waals surface area contributed by atoms with Crippen LogP contribution in [0.2, 0.25) is 5.02 Å². The maximum absolute atomic E-state index is 12.8. The topological polar surface area (TPSA) is 60.2 Å². The van der Waals surface area contributed by atoms with Crippen LogP contribution in [0, 0.1) is 0 Å². The lowest BCUT2D eigenvalue weighted by molar-refractivity contribution is -0.127. The fourth-order valence-corrected chi connectivity index (χ4v) is 4.57. The summed E-state index contributed by atoms with van der Waals surface area (Å²) in [6.07, 6.45) is 0. The lowest BCUT2D eigenvalue weighted by Crippen LogP contribution is -2.27. The Balaban J connectivity index is 1.50. The summed E-state index contributed by atoms with van der Waals surface area (Å²) in [5.41, 5.74) is 2.96. The molecule has 4 rings (SSSR count). The smallest absolute Gasteiger partial charge is 0.233 e. The van der Waals surface area contributed by atoms with Crippen LogP contribution in [-0.4, -0.2) is 45.5 Å². The molecule has 0 bridgehead atoms. The summed E-state index contributed by atoms with van der Waals surface area (Å²) in [6.45, 7) is 1.09. The first-order valence-electron chi connectivity index (χ1n) is 10.8. The molecule has 8 heteroatoms. The number of carbonyl (C=O) groups excluding carboxylic acids is 1. The molecule has 4 aromatic rings. The summed E-state index contributed by atoms with van der Waals surface area (Å²) in [5, 5.41) is 10.1. The highest BCUT2D eigenvalue weighted by molar-refractivity contribution is 7.99. The number of thioether (sulfide) groups is 1. The maximum atomic E-state index is 12.8. The molecule has 0 fully saturated rings. The number of carbonyl (C=O) groups is 1. The van der Waals surface area contributed by atoms with E-state index in [0.29, 0.717) is 29.1 Å². The molecule has 0 aliphatic rings. The van der Waals surface area contributed by atoms with Gasteiger partial charge in [0.05, 0.1) is 24.4 Å². The van der Waals surface area contributed by atoms with Gasteiger partial charge in [-0.05, 0) is 35.4 Å². The predicted molar refractivity (Wildman–Crippen MR) is 136 cm³/mol. The van der Waals surface area contributed by atoms with Crippen molar-refractivity contribution in [2.24, 2.45) is 0 Å². The van der Waals surface area contributed by atoms with Crippen molar-refractivity contribution in [1.29, 1.82) is 0 Å². The van der Waals surface area contributed by atoms with Gasteiger partial charge >= 0.3 is 0 Å². The molecule has 0 aliphatic carbocycles. The van der Waals surface area contributed by atoms with Gasteiger partial charge in [0.25, 0.3) is 0 Å². The second kappa shape index (κ2) is 11.2. The van der Waals surface area contributed by atoms with Crippen LogP contribution in [-0.2, 0) is 17.9 Å². The Morgan fingerprint density at radius 2 is 1.68 bits per heavy atom. The largest absolute Gasteiger partial charge is 0.497 e. The van der Waals surface area contributed by atoms with Gasteiger partial charge in [0.2, 0.25) is 5.91 Å². The van der Waals surface area contributed by atoms with Crippen LogP contribution in [0.15, 0.2) is 84.0 Å². The first-order valence-corrected chi connectivity index (χ1v) is 12.1. The first kappa shape index (κ1) is 23.9. The Labute approximate surface area is 208 Å². The molecule has 174 valence electrons. The number of hydrogen-bond donors (Lipinski definition) is 0. The summed E-state index contributed by atoms with van der Waals surface area (Å²) in [6, 6.07) is 25.4. The average molecular weight is 493 g/mol. The van der Waals surface area contributed by atoms with E-state index in [-0.39, 0.29) is 11.7 Å². The van der Waals surface area contributed by atoms with E-state index in [0.717, 1.165) is 22.4 Å². The SMILES string of the molecule is COc1ccc(CN(C)C(=O)CSc2nnc(-c3ccccc3Cl)n2Cc2ccccc2)cc1. The van der Waals surface area contributed by atoms with Crippen LogP contribution in [0.4, 0.5) is 0 Å². The Morgan fingerprint density at radius 1 is 0.971 bits per heavy atom. The van der Waals surface area contributed by atoms with Crippen LogP contribution >= 0.6 is 23.4 Å². The monoisotopic (exact) mass is 492 g/mol. The van der Waals surface area contributed by atoms with E-state index in [4.69, 9.17) is 16.3 Å². The third-order valence-corrected chi connectivity index (χ3v) is 6.63. The standard InChI is InChI=1S/C26H25ClN4O2S/c1-30(16-20-12-14-21(33-2)15-13-20)24(32)18-34-26-29-28-25(22-10-6-7-11-23(22)27)31(26)17-19-8-4-3-5-9-19/h3-15H,16-18H2,1-2H3. The number of aromatic nitrogens is 3. The molecule has 1 aromatic heterocycles.